The predicted molar refractivity (Wildman–Crippen MR) is 59.0 cm³/mol. The summed E-state index contributed by atoms with van der Waals surface area (Å²) in [5, 5.41) is 4.31. The van der Waals surface area contributed by atoms with Crippen molar-refractivity contribution >= 4 is 5.78 Å². The van der Waals surface area contributed by atoms with Gasteiger partial charge < -0.3 is 0 Å². The van der Waals surface area contributed by atoms with Gasteiger partial charge in [0.2, 0.25) is 0 Å². The van der Waals surface area contributed by atoms with Gasteiger partial charge in [-0.1, -0.05) is 13.8 Å². The Morgan fingerprint density at radius 3 is 2.67 bits per heavy atom. The van der Waals surface area contributed by atoms with E-state index < -0.39 is 0 Å². The van der Waals surface area contributed by atoms with Gasteiger partial charge in [0, 0.05) is 12.5 Å². The highest BCUT2D eigenvalue weighted by Crippen LogP contribution is 2.35. The number of Topliss-reactive ketones (excluding diaryl/α,β-unsaturated/α-hetero) is 1. The van der Waals surface area contributed by atoms with Gasteiger partial charge in [0.1, 0.15) is 0 Å². The Morgan fingerprint density at radius 2 is 2.07 bits per heavy atom. The standard InChI is InChI=1S/C12H18N2O/c1-8(2)14-10-5-12(3,4)6-11(15)9(10)7-13-14/h7-8H,5-6H2,1-4H3. The molecule has 1 aliphatic carbocycles. The summed E-state index contributed by atoms with van der Waals surface area (Å²) in [4.78, 5) is 11.9. The number of fused-ring (bicyclic) bond motifs is 1. The molecule has 3 heteroatoms. The third-order valence-corrected chi connectivity index (χ3v) is 2.97. The summed E-state index contributed by atoms with van der Waals surface area (Å²) in [6, 6.07) is 0.329. The maximum atomic E-state index is 11.9. The molecule has 0 saturated carbocycles. The van der Waals surface area contributed by atoms with E-state index in [0.29, 0.717) is 12.5 Å². The van der Waals surface area contributed by atoms with E-state index >= 15 is 0 Å². The van der Waals surface area contributed by atoms with Crippen molar-refractivity contribution in [3.63, 3.8) is 0 Å². The number of carbonyl (C=O) groups excluding carboxylic acids is 1. The molecule has 1 heterocycles. The monoisotopic (exact) mass is 206 g/mol. The largest absolute Gasteiger partial charge is 0.294 e. The van der Waals surface area contributed by atoms with E-state index in [1.807, 2.05) is 4.68 Å². The highest BCUT2D eigenvalue weighted by atomic mass is 16.1. The molecule has 0 unspecified atom stereocenters. The smallest absolute Gasteiger partial charge is 0.166 e. The van der Waals surface area contributed by atoms with E-state index in [-0.39, 0.29) is 11.2 Å². The lowest BCUT2D eigenvalue weighted by molar-refractivity contribution is 0.0909. The van der Waals surface area contributed by atoms with Crippen LogP contribution < -0.4 is 0 Å². The fraction of sp³-hybridized carbons (Fsp3) is 0.667. The normalized spacial score (nSPS) is 19.4. The average Bonchev–Trinajstić information content (AvgIpc) is 2.45. The van der Waals surface area contributed by atoms with Gasteiger partial charge in [0.15, 0.2) is 5.78 Å². The van der Waals surface area contributed by atoms with Crippen molar-refractivity contribution in [3.05, 3.63) is 17.5 Å². The Bertz CT molecular complexity index is 402. The van der Waals surface area contributed by atoms with Crippen molar-refractivity contribution in [2.75, 3.05) is 0 Å². The maximum absolute atomic E-state index is 11.9. The minimum Gasteiger partial charge on any atom is -0.294 e. The van der Waals surface area contributed by atoms with Crippen LogP contribution in [0.15, 0.2) is 6.20 Å². The van der Waals surface area contributed by atoms with E-state index in [1.165, 1.54) is 0 Å². The molecule has 15 heavy (non-hydrogen) atoms. The summed E-state index contributed by atoms with van der Waals surface area (Å²) in [5.74, 6) is 0.244. The van der Waals surface area contributed by atoms with Crippen molar-refractivity contribution in [3.8, 4) is 0 Å². The molecule has 0 saturated heterocycles. The second kappa shape index (κ2) is 3.19. The molecular weight excluding hydrogens is 188 g/mol. The number of hydrogen-bond donors (Lipinski definition) is 0. The van der Waals surface area contributed by atoms with E-state index in [4.69, 9.17) is 0 Å². The summed E-state index contributed by atoms with van der Waals surface area (Å²) in [7, 11) is 0. The van der Waals surface area contributed by atoms with Crippen LogP contribution in [-0.2, 0) is 6.42 Å². The molecule has 0 N–H and O–H groups in total. The minimum absolute atomic E-state index is 0.0801. The van der Waals surface area contributed by atoms with Gasteiger partial charge in [0.05, 0.1) is 17.5 Å². The molecule has 0 atom stereocenters. The Balaban J connectivity index is 2.49. The molecular formula is C12H18N2O. The van der Waals surface area contributed by atoms with Gasteiger partial charge in [-0.05, 0) is 25.7 Å². The zero-order valence-corrected chi connectivity index (χ0v) is 9.87. The fourth-order valence-electron chi connectivity index (χ4n) is 2.29. The van der Waals surface area contributed by atoms with Crippen LogP contribution in [0.2, 0.25) is 0 Å². The van der Waals surface area contributed by atoms with Crippen LogP contribution in [0, 0.1) is 5.41 Å². The van der Waals surface area contributed by atoms with Crippen LogP contribution >= 0.6 is 0 Å². The quantitative estimate of drug-likeness (QED) is 0.708. The first-order valence-corrected chi connectivity index (χ1v) is 5.50. The van der Waals surface area contributed by atoms with Crippen LogP contribution in [0.1, 0.15) is 56.2 Å². The van der Waals surface area contributed by atoms with E-state index in [1.54, 1.807) is 6.20 Å². The molecule has 0 fully saturated rings. The molecule has 0 spiro atoms. The maximum Gasteiger partial charge on any atom is 0.166 e. The van der Waals surface area contributed by atoms with E-state index in [0.717, 1.165) is 17.7 Å². The molecule has 2 rings (SSSR count). The van der Waals surface area contributed by atoms with Crippen LogP contribution in [0.25, 0.3) is 0 Å². The number of ketones is 1. The molecule has 1 aromatic heterocycles. The van der Waals surface area contributed by atoms with Crippen molar-refractivity contribution in [1.29, 1.82) is 0 Å². The summed E-state index contributed by atoms with van der Waals surface area (Å²) in [5.41, 5.74) is 2.03. The van der Waals surface area contributed by atoms with Gasteiger partial charge >= 0.3 is 0 Å². The number of nitrogens with zero attached hydrogens (tertiary/aromatic N) is 2. The highest BCUT2D eigenvalue weighted by molar-refractivity contribution is 5.98. The first-order valence-electron chi connectivity index (χ1n) is 5.50. The lowest BCUT2D eigenvalue weighted by Gasteiger charge is -2.29. The van der Waals surface area contributed by atoms with Crippen LogP contribution in [0.3, 0.4) is 0 Å². The van der Waals surface area contributed by atoms with E-state index in [2.05, 4.69) is 32.8 Å². The fourth-order valence-corrected chi connectivity index (χ4v) is 2.29. The van der Waals surface area contributed by atoms with Crippen molar-refractivity contribution < 1.29 is 4.79 Å². The lowest BCUT2D eigenvalue weighted by Crippen LogP contribution is -2.28. The van der Waals surface area contributed by atoms with Crippen molar-refractivity contribution in [2.24, 2.45) is 5.41 Å². The van der Waals surface area contributed by atoms with Crippen LogP contribution in [0.4, 0.5) is 0 Å². The lowest BCUT2D eigenvalue weighted by atomic mass is 9.76. The molecule has 3 nitrogen and oxygen atoms in total. The van der Waals surface area contributed by atoms with Gasteiger partial charge in [0.25, 0.3) is 0 Å². The summed E-state index contributed by atoms with van der Waals surface area (Å²) in [6.07, 6.45) is 3.32. The first kappa shape index (κ1) is 10.4. The van der Waals surface area contributed by atoms with Gasteiger partial charge in [-0.2, -0.15) is 5.10 Å². The molecule has 0 aromatic carbocycles. The second-order valence-corrected chi connectivity index (χ2v) is 5.48. The number of rotatable bonds is 1. The Kier molecular flexibility index (Phi) is 2.21. The van der Waals surface area contributed by atoms with Crippen molar-refractivity contribution in [1.82, 2.24) is 9.78 Å². The minimum atomic E-state index is 0.0801. The molecule has 82 valence electrons. The third-order valence-electron chi connectivity index (χ3n) is 2.97. The molecule has 0 radical (unpaired) electrons. The second-order valence-electron chi connectivity index (χ2n) is 5.48. The van der Waals surface area contributed by atoms with Crippen LogP contribution in [-0.4, -0.2) is 15.6 Å². The SMILES string of the molecule is CC(C)n1ncc2c1CC(C)(C)CC2=O. The predicted octanol–water partition coefficient (Wildman–Crippen LogP) is 2.62. The number of hydrogen-bond acceptors (Lipinski definition) is 2. The zero-order valence-electron chi connectivity index (χ0n) is 9.87. The molecule has 0 amide bonds. The van der Waals surface area contributed by atoms with Gasteiger partial charge in [-0.25, -0.2) is 0 Å². The third kappa shape index (κ3) is 1.71. The Labute approximate surface area is 90.5 Å². The summed E-state index contributed by atoms with van der Waals surface area (Å²) >= 11 is 0. The van der Waals surface area contributed by atoms with Gasteiger partial charge in [-0.15, -0.1) is 0 Å². The van der Waals surface area contributed by atoms with Crippen molar-refractivity contribution in [2.45, 2.75) is 46.6 Å². The average molecular weight is 206 g/mol. The highest BCUT2D eigenvalue weighted by Gasteiger charge is 2.33. The summed E-state index contributed by atoms with van der Waals surface area (Å²) in [6.45, 7) is 8.48. The van der Waals surface area contributed by atoms with Gasteiger partial charge in [-0.3, -0.25) is 9.48 Å². The number of aromatic nitrogens is 2. The first-order chi connectivity index (χ1) is 6.91. The van der Waals surface area contributed by atoms with Crippen LogP contribution in [0.5, 0.6) is 0 Å². The Morgan fingerprint density at radius 1 is 1.40 bits per heavy atom. The number of carbonyl (C=O) groups is 1. The zero-order chi connectivity index (χ0) is 11.2. The molecule has 0 bridgehead atoms. The topological polar surface area (TPSA) is 34.9 Å². The van der Waals surface area contributed by atoms with E-state index in [9.17, 15) is 4.79 Å². The molecule has 1 aliphatic rings. The Hall–Kier alpha value is -1.12. The summed E-state index contributed by atoms with van der Waals surface area (Å²) < 4.78 is 1.98. The molecule has 1 aromatic rings. The molecule has 0 aliphatic heterocycles.